The van der Waals surface area contributed by atoms with Crippen LogP contribution in [0.1, 0.15) is 35.3 Å². The fraction of sp³-hybridized carbons (Fsp3) is 0.333. The minimum Gasteiger partial charge on any atom is -0.371 e. The Bertz CT molecular complexity index is 834. The van der Waals surface area contributed by atoms with Gasteiger partial charge in [-0.3, -0.25) is 9.59 Å². The van der Waals surface area contributed by atoms with E-state index in [1.165, 1.54) is 11.1 Å². The molecule has 0 aliphatic carbocycles. The van der Waals surface area contributed by atoms with Gasteiger partial charge in [0.15, 0.2) is 0 Å². The molecule has 142 valence electrons. The van der Waals surface area contributed by atoms with Crippen LogP contribution in [0, 0.1) is 6.92 Å². The van der Waals surface area contributed by atoms with Crippen LogP contribution in [0.5, 0.6) is 0 Å². The van der Waals surface area contributed by atoms with Crippen LogP contribution in [0.25, 0.3) is 0 Å². The van der Waals surface area contributed by atoms with Crippen LogP contribution in [-0.4, -0.2) is 29.7 Å². The van der Waals surface area contributed by atoms with Crippen LogP contribution in [-0.2, 0) is 10.5 Å². The van der Waals surface area contributed by atoms with Crippen LogP contribution in [0.4, 0.5) is 11.4 Å². The fourth-order valence-electron chi connectivity index (χ4n) is 2.83. The highest BCUT2D eigenvalue weighted by Gasteiger charge is 2.26. The maximum absolute atomic E-state index is 12.4. The van der Waals surface area contributed by atoms with Gasteiger partial charge in [0.25, 0.3) is 5.91 Å². The number of thioether (sulfide) groups is 1. The summed E-state index contributed by atoms with van der Waals surface area (Å²) in [6.45, 7) is 5.90. The SMILES string of the molecule is Cc1ccc(CSCC2Nc3ccc(C(=O)NC(C)C)cc3NC2=O)cc1. The first-order valence-electron chi connectivity index (χ1n) is 9.08. The first kappa shape index (κ1) is 19.3. The molecule has 3 N–H and O–H groups in total. The number of anilines is 2. The largest absolute Gasteiger partial charge is 0.371 e. The summed E-state index contributed by atoms with van der Waals surface area (Å²) in [7, 11) is 0. The van der Waals surface area contributed by atoms with Crippen molar-refractivity contribution in [1.82, 2.24) is 5.32 Å². The number of carbonyl (C=O) groups excluding carboxylic acids is 2. The molecule has 1 heterocycles. The van der Waals surface area contributed by atoms with Gasteiger partial charge in [0.1, 0.15) is 6.04 Å². The summed E-state index contributed by atoms with van der Waals surface area (Å²) in [5.74, 6) is 1.33. The summed E-state index contributed by atoms with van der Waals surface area (Å²) in [6.07, 6.45) is 0. The zero-order valence-corrected chi connectivity index (χ0v) is 16.7. The first-order valence-corrected chi connectivity index (χ1v) is 10.2. The van der Waals surface area contributed by atoms with Crippen LogP contribution in [0.15, 0.2) is 42.5 Å². The average molecular weight is 384 g/mol. The molecular formula is C21H25N3O2S. The van der Waals surface area contributed by atoms with Crippen molar-refractivity contribution < 1.29 is 9.59 Å². The Morgan fingerprint density at radius 1 is 1.15 bits per heavy atom. The quantitative estimate of drug-likeness (QED) is 0.710. The Kier molecular flexibility index (Phi) is 6.06. The third-order valence-electron chi connectivity index (χ3n) is 4.28. The molecule has 0 aromatic heterocycles. The predicted molar refractivity (Wildman–Crippen MR) is 112 cm³/mol. The number of rotatable bonds is 6. The molecule has 0 bridgehead atoms. The fourth-order valence-corrected chi connectivity index (χ4v) is 3.85. The molecule has 0 fully saturated rings. The topological polar surface area (TPSA) is 70.2 Å². The molecule has 0 saturated carbocycles. The summed E-state index contributed by atoms with van der Waals surface area (Å²) in [4.78, 5) is 24.6. The molecule has 5 nitrogen and oxygen atoms in total. The number of hydrogen-bond donors (Lipinski definition) is 3. The van der Waals surface area contributed by atoms with Gasteiger partial charge in [-0.2, -0.15) is 11.8 Å². The van der Waals surface area contributed by atoms with E-state index < -0.39 is 0 Å². The van der Waals surface area contributed by atoms with E-state index in [0.717, 1.165) is 11.4 Å². The maximum atomic E-state index is 12.4. The van der Waals surface area contributed by atoms with Crippen molar-refractivity contribution >= 4 is 35.0 Å². The van der Waals surface area contributed by atoms with Crippen molar-refractivity contribution in [3.8, 4) is 0 Å². The molecule has 2 aromatic carbocycles. The predicted octanol–water partition coefficient (Wildman–Crippen LogP) is 3.80. The lowest BCUT2D eigenvalue weighted by molar-refractivity contribution is -0.116. The van der Waals surface area contributed by atoms with Gasteiger partial charge in [-0.25, -0.2) is 0 Å². The molecule has 0 spiro atoms. The summed E-state index contributed by atoms with van der Waals surface area (Å²) in [5.41, 5.74) is 4.53. The van der Waals surface area contributed by atoms with Crippen LogP contribution < -0.4 is 16.0 Å². The number of benzene rings is 2. The zero-order valence-electron chi connectivity index (χ0n) is 15.8. The van der Waals surface area contributed by atoms with Crippen LogP contribution in [0.3, 0.4) is 0 Å². The summed E-state index contributed by atoms with van der Waals surface area (Å²) in [6, 6.07) is 13.6. The first-order chi connectivity index (χ1) is 12.9. The molecule has 1 atom stereocenters. The van der Waals surface area contributed by atoms with Crippen molar-refractivity contribution in [2.45, 2.75) is 38.6 Å². The third-order valence-corrected chi connectivity index (χ3v) is 5.39. The smallest absolute Gasteiger partial charge is 0.251 e. The van der Waals surface area contributed by atoms with Crippen molar-refractivity contribution in [2.24, 2.45) is 0 Å². The van der Waals surface area contributed by atoms with Gasteiger partial charge in [0.2, 0.25) is 5.91 Å². The van der Waals surface area contributed by atoms with E-state index in [4.69, 9.17) is 0 Å². The van der Waals surface area contributed by atoms with E-state index in [9.17, 15) is 9.59 Å². The van der Waals surface area contributed by atoms with Gasteiger partial charge < -0.3 is 16.0 Å². The highest BCUT2D eigenvalue weighted by Crippen LogP contribution is 2.29. The monoisotopic (exact) mass is 383 g/mol. The number of hydrogen-bond acceptors (Lipinski definition) is 4. The summed E-state index contributed by atoms with van der Waals surface area (Å²) >= 11 is 1.72. The van der Waals surface area contributed by atoms with Gasteiger partial charge in [-0.15, -0.1) is 0 Å². The van der Waals surface area contributed by atoms with Gasteiger partial charge in [0, 0.05) is 23.1 Å². The van der Waals surface area contributed by atoms with Crippen molar-refractivity contribution in [3.05, 3.63) is 59.2 Å². The summed E-state index contributed by atoms with van der Waals surface area (Å²) in [5, 5.41) is 9.06. The number of aryl methyl sites for hydroxylation is 1. The molecule has 2 aromatic rings. The molecule has 1 aliphatic heterocycles. The van der Waals surface area contributed by atoms with E-state index >= 15 is 0 Å². The van der Waals surface area contributed by atoms with E-state index in [1.807, 2.05) is 19.9 Å². The number of amides is 2. The molecule has 27 heavy (non-hydrogen) atoms. The van der Waals surface area contributed by atoms with Gasteiger partial charge >= 0.3 is 0 Å². The zero-order chi connectivity index (χ0) is 19.4. The van der Waals surface area contributed by atoms with E-state index in [1.54, 1.807) is 23.9 Å². The Morgan fingerprint density at radius 3 is 2.59 bits per heavy atom. The lowest BCUT2D eigenvalue weighted by Gasteiger charge is -2.27. The standard InChI is InChI=1S/C21H25N3O2S/c1-13(2)22-20(25)16-8-9-17-18(10-16)24-21(26)19(23-17)12-27-11-15-6-4-14(3)5-7-15/h4-10,13,19,23H,11-12H2,1-3H3,(H,22,25)(H,24,26). The highest BCUT2D eigenvalue weighted by atomic mass is 32.2. The second kappa shape index (κ2) is 8.48. The van der Waals surface area contributed by atoms with Gasteiger partial charge in [-0.1, -0.05) is 29.8 Å². The third kappa shape index (κ3) is 5.04. The molecule has 0 saturated heterocycles. The van der Waals surface area contributed by atoms with Crippen molar-refractivity contribution in [2.75, 3.05) is 16.4 Å². The second-order valence-electron chi connectivity index (χ2n) is 7.08. The second-order valence-corrected chi connectivity index (χ2v) is 8.11. The Hall–Kier alpha value is -2.47. The van der Waals surface area contributed by atoms with Crippen molar-refractivity contribution in [1.29, 1.82) is 0 Å². The molecule has 6 heteroatoms. The maximum Gasteiger partial charge on any atom is 0.251 e. The summed E-state index contributed by atoms with van der Waals surface area (Å²) < 4.78 is 0. The minimum atomic E-state index is -0.289. The van der Waals surface area contributed by atoms with Gasteiger partial charge in [-0.05, 0) is 44.5 Å². The Balaban J connectivity index is 1.60. The average Bonchev–Trinajstić information content (AvgIpc) is 2.62. The normalized spacial score (nSPS) is 15.7. The lowest BCUT2D eigenvalue weighted by Crippen LogP contribution is -2.40. The number of fused-ring (bicyclic) bond motifs is 1. The Labute approximate surface area is 164 Å². The molecule has 3 rings (SSSR count). The minimum absolute atomic E-state index is 0.0659. The van der Waals surface area contributed by atoms with Crippen LogP contribution in [0.2, 0.25) is 0 Å². The lowest BCUT2D eigenvalue weighted by atomic mass is 10.1. The number of carbonyl (C=O) groups is 2. The molecule has 2 amide bonds. The molecule has 1 aliphatic rings. The van der Waals surface area contributed by atoms with E-state index in [0.29, 0.717) is 17.0 Å². The van der Waals surface area contributed by atoms with E-state index in [2.05, 4.69) is 47.1 Å². The van der Waals surface area contributed by atoms with E-state index in [-0.39, 0.29) is 23.9 Å². The Morgan fingerprint density at radius 2 is 1.89 bits per heavy atom. The van der Waals surface area contributed by atoms with Crippen LogP contribution >= 0.6 is 11.8 Å². The van der Waals surface area contributed by atoms with Crippen molar-refractivity contribution in [3.63, 3.8) is 0 Å². The molecule has 0 radical (unpaired) electrons. The van der Waals surface area contributed by atoms with Gasteiger partial charge in [0.05, 0.1) is 11.4 Å². The molecular weight excluding hydrogens is 358 g/mol. The molecule has 1 unspecified atom stereocenters. The number of nitrogens with one attached hydrogen (secondary N) is 3. The highest BCUT2D eigenvalue weighted by molar-refractivity contribution is 7.98.